The average Bonchev–Trinajstić information content (AvgIpc) is 3.89. The topological polar surface area (TPSA) is 77.8 Å². The summed E-state index contributed by atoms with van der Waals surface area (Å²) in [6.45, 7) is 4.49. The zero-order valence-electron chi connectivity index (χ0n) is 28.6. The molecular formula is C40H48F2N4O2. The Morgan fingerprint density at radius 3 is 1.67 bits per heavy atom. The molecule has 254 valence electrons. The van der Waals surface area contributed by atoms with Crippen LogP contribution in [0.3, 0.4) is 0 Å². The van der Waals surface area contributed by atoms with Crippen LogP contribution in [0.5, 0.6) is 0 Å². The number of fused-ring (bicyclic) bond motifs is 10. The van der Waals surface area contributed by atoms with Gasteiger partial charge in [0.1, 0.15) is 33.7 Å². The highest BCUT2D eigenvalue weighted by atomic mass is 19.1. The lowest BCUT2D eigenvalue weighted by Gasteiger charge is -2.33. The zero-order chi connectivity index (χ0) is 33.1. The van der Waals surface area contributed by atoms with Gasteiger partial charge in [-0.3, -0.25) is 0 Å². The van der Waals surface area contributed by atoms with Gasteiger partial charge in [-0.2, -0.15) is 0 Å². The Morgan fingerprint density at radius 1 is 0.562 bits per heavy atom. The van der Waals surface area contributed by atoms with Crippen LogP contribution in [0, 0.1) is 11.6 Å². The van der Waals surface area contributed by atoms with Crippen LogP contribution in [0.25, 0.3) is 44.3 Å². The molecular weight excluding hydrogens is 606 g/mol. The molecule has 7 rings (SSSR count). The van der Waals surface area contributed by atoms with Gasteiger partial charge in [-0.25, -0.2) is 18.0 Å². The van der Waals surface area contributed by atoms with Crippen LogP contribution in [-0.4, -0.2) is 20.6 Å². The molecule has 0 radical (unpaired) electrons. The first-order chi connectivity index (χ1) is 23.6. The summed E-state index contributed by atoms with van der Waals surface area (Å²) in [7, 11) is 0. The molecule has 0 saturated heterocycles. The van der Waals surface area contributed by atoms with E-state index >= 15 is 8.78 Å². The second-order valence-electron chi connectivity index (χ2n) is 14.3. The van der Waals surface area contributed by atoms with Crippen molar-refractivity contribution in [1.29, 1.82) is 0 Å². The molecule has 5 aromatic rings. The van der Waals surface area contributed by atoms with E-state index in [1.165, 1.54) is 64.2 Å². The van der Waals surface area contributed by atoms with Gasteiger partial charge in [0.25, 0.3) is 0 Å². The molecule has 2 heterocycles. The van der Waals surface area contributed by atoms with Gasteiger partial charge in [-0.05, 0) is 56.7 Å². The summed E-state index contributed by atoms with van der Waals surface area (Å²) in [6, 6.07) is 7.67. The summed E-state index contributed by atoms with van der Waals surface area (Å²) >= 11 is 0. The standard InChI is InChI=1S/C40H48F2N4O2/c1-3-5-7-9-11-13-15-17-23-40(24-18-16-14-12-10-8-6-4-2)28-20-22-30-39(46-48-44-30)33(28)34-35(40)37(42)32-27(36(34)41)25-26-19-21-29-38(31(26)32)45-47-43-29/h19-22H,3-18,23-25H2,1-2H3. The smallest absolute Gasteiger partial charge is 0.143 e. The minimum Gasteiger partial charge on any atom is -0.243 e. The molecule has 2 aliphatic carbocycles. The lowest BCUT2D eigenvalue weighted by Crippen LogP contribution is -2.27. The van der Waals surface area contributed by atoms with Crippen LogP contribution in [0.15, 0.2) is 33.5 Å². The van der Waals surface area contributed by atoms with E-state index < -0.39 is 5.41 Å². The molecule has 0 saturated carbocycles. The first-order valence-corrected chi connectivity index (χ1v) is 18.7. The van der Waals surface area contributed by atoms with E-state index in [0.29, 0.717) is 55.4 Å². The molecule has 0 N–H and O–H groups in total. The third-order valence-corrected chi connectivity index (χ3v) is 11.2. The van der Waals surface area contributed by atoms with Gasteiger partial charge in [0.15, 0.2) is 0 Å². The average molecular weight is 655 g/mol. The van der Waals surface area contributed by atoms with Crippen molar-refractivity contribution in [2.45, 2.75) is 141 Å². The third-order valence-electron chi connectivity index (χ3n) is 11.2. The van der Waals surface area contributed by atoms with Crippen LogP contribution in [0.1, 0.15) is 152 Å². The lowest BCUT2D eigenvalue weighted by atomic mass is 9.69. The van der Waals surface area contributed by atoms with Crippen molar-refractivity contribution in [1.82, 2.24) is 20.6 Å². The lowest BCUT2D eigenvalue weighted by molar-refractivity contribution is 0.315. The largest absolute Gasteiger partial charge is 0.243 e. The number of aromatic nitrogens is 4. The molecule has 48 heavy (non-hydrogen) atoms. The fraction of sp³-hybridized carbons (Fsp3) is 0.550. The summed E-state index contributed by atoms with van der Waals surface area (Å²) in [4.78, 5) is 0. The highest BCUT2D eigenvalue weighted by molar-refractivity contribution is 6.03. The van der Waals surface area contributed by atoms with Gasteiger partial charge in [0.05, 0.1) is 0 Å². The molecule has 0 aliphatic heterocycles. The molecule has 6 nitrogen and oxygen atoms in total. The zero-order valence-corrected chi connectivity index (χ0v) is 28.6. The summed E-state index contributed by atoms with van der Waals surface area (Å²) in [5.41, 5.74) is 6.03. The number of halogens is 2. The number of hydrogen-bond acceptors (Lipinski definition) is 6. The number of unbranched alkanes of at least 4 members (excludes halogenated alkanes) is 14. The number of rotatable bonds is 18. The monoisotopic (exact) mass is 654 g/mol. The molecule has 0 unspecified atom stereocenters. The second kappa shape index (κ2) is 14.4. The van der Waals surface area contributed by atoms with Crippen molar-refractivity contribution >= 4 is 22.1 Å². The Morgan fingerprint density at radius 2 is 1.08 bits per heavy atom. The van der Waals surface area contributed by atoms with Crippen LogP contribution in [0.2, 0.25) is 0 Å². The van der Waals surface area contributed by atoms with E-state index in [9.17, 15) is 0 Å². The molecule has 8 heteroatoms. The fourth-order valence-electron chi connectivity index (χ4n) is 8.76. The Hall–Kier alpha value is -3.68. The maximum absolute atomic E-state index is 17.7. The SMILES string of the molecule is CCCCCCCCCCC1(CCCCCCCCCC)c2ccc3nonc3c2-c2c(F)c3c(c(F)c21)-c1c(ccc2nonc12)C3. The second-order valence-corrected chi connectivity index (χ2v) is 14.3. The van der Waals surface area contributed by atoms with Crippen molar-refractivity contribution in [3.8, 4) is 22.3 Å². The van der Waals surface area contributed by atoms with Crippen molar-refractivity contribution in [3.63, 3.8) is 0 Å². The Labute approximate surface area is 282 Å². The van der Waals surface area contributed by atoms with Crippen molar-refractivity contribution in [2.24, 2.45) is 0 Å². The van der Waals surface area contributed by atoms with Gasteiger partial charge in [-0.1, -0.05) is 129 Å². The van der Waals surface area contributed by atoms with Crippen LogP contribution >= 0.6 is 0 Å². The number of hydrogen-bond donors (Lipinski definition) is 0. The minimum absolute atomic E-state index is 0.287. The Bertz CT molecular complexity index is 1870. The van der Waals surface area contributed by atoms with Crippen LogP contribution in [0.4, 0.5) is 8.78 Å². The molecule has 2 aliphatic rings. The maximum atomic E-state index is 17.7. The van der Waals surface area contributed by atoms with Gasteiger partial charge in [-0.15, -0.1) is 0 Å². The quantitative estimate of drug-likeness (QED) is 0.0858. The third kappa shape index (κ3) is 5.73. The van der Waals surface area contributed by atoms with Crippen molar-refractivity contribution < 1.29 is 18.0 Å². The molecule has 0 spiro atoms. The Balaban J connectivity index is 1.30. The maximum Gasteiger partial charge on any atom is 0.143 e. The first kappa shape index (κ1) is 32.8. The van der Waals surface area contributed by atoms with Crippen LogP contribution < -0.4 is 0 Å². The summed E-state index contributed by atoms with van der Waals surface area (Å²) in [6.07, 6.45) is 20.8. The van der Waals surface area contributed by atoms with E-state index in [2.05, 4.69) is 40.5 Å². The normalized spacial score (nSPS) is 14.2. The number of benzene rings is 3. The Kier molecular flexibility index (Phi) is 9.88. The predicted molar refractivity (Wildman–Crippen MR) is 186 cm³/mol. The minimum atomic E-state index is -0.680. The van der Waals surface area contributed by atoms with E-state index in [4.69, 9.17) is 9.26 Å². The molecule has 3 aromatic carbocycles. The fourth-order valence-corrected chi connectivity index (χ4v) is 8.76. The van der Waals surface area contributed by atoms with Gasteiger partial charge in [0.2, 0.25) is 0 Å². The molecule has 0 bridgehead atoms. The van der Waals surface area contributed by atoms with E-state index in [1.807, 2.05) is 18.2 Å². The molecule has 0 fully saturated rings. The van der Waals surface area contributed by atoms with Crippen molar-refractivity contribution in [2.75, 3.05) is 0 Å². The predicted octanol–water partition coefficient (Wildman–Crippen LogP) is 11.9. The molecule has 2 aromatic heterocycles. The van der Waals surface area contributed by atoms with E-state index in [1.54, 1.807) is 0 Å². The first-order valence-electron chi connectivity index (χ1n) is 18.7. The highest BCUT2D eigenvalue weighted by Gasteiger charge is 2.49. The van der Waals surface area contributed by atoms with Gasteiger partial charge < -0.3 is 0 Å². The summed E-state index contributed by atoms with van der Waals surface area (Å²) in [5.74, 6) is -0.705. The molecule has 0 atom stereocenters. The van der Waals surface area contributed by atoms with E-state index in [-0.39, 0.29) is 18.1 Å². The molecule has 0 amide bonds. The van der Waals surface area contributed by atoms with Gasteiger partial charge in [0, 0.05) is 45.2 Å². The summed E-state index contributed by atoms with van der Waals surface area (Å²) in [5, 5.41) is 16.6. The summed E-state index contributed by atoms with van der Waals surface area (Å²) < 4.78 is 45.3. The van der Waals surface area contributed by atoms with Crippen molar-refractivity contribution in [3.05, 3.63) is 58.2 Å². The number of nitrogens with zero attached hydrogens (tertiary/aromatic N) is 4. The van der Waals surface area contributed by atoms with Gasteiger partial charge >= 0.3 is 0 Å². The highest BCUT2D eigenvalue weighted by Crippen LogP contribution is 2.60. The van der Waals surface area contributed by atoms with E-state index in [0.717, 1.165) is 62.5 Å². The van der Waals surface area contributed by atoms with Crippen LogP contribution in [-0.2, 0) is 11.8 Å².